The highest BCUT2D eigenvalue weighted by Crippen LogP contribution is 2.32. The highest BCUT2D eigenvalue weighted by atomic mass is 16.4. The third-order valence-electron chi connectivity index (χ3n) is 4.56. The summed E-state index contributed by atoms with van der Waals surface area (Å²) in [6.45, 7) is 9.47. The lowest BCUT2D eigenvalue weighted by Crippen LogP contribution is -2.40. The summed E-state index contributed by atoms with van der Waals surface area (Å²) in [5, 5.41) is 12.1. The van der Waals surface area contributed by atoms with E-state index in [-0.39, 0.29) is 17.9 Å². The summed E-state index contributed by atoms with van der Waals surface area (Å²) in [5.74, 6) is -1.74. The Labute approximate surface area is 128 Å². The first kappa shape index (κ1) is 18.0. The van der Waals surface area contributed by atoms with Gasteiger partial charge in [0, 0.05) is 6.04 Å². The number of nitrogens with zero attached hydrogens (tertiary/aromatic N) is 1. The topological polar surface area (TPSA) is 69.6 Å². The van der Waals surface area contributed by atoms with E-state index >= 15 is 0 Å². The molecule has 0 aromatic carbocycles. The number of carboxylic acid groups (broad SMARTS) is 1. The third-order valence-corrected chi connectivity index (χ3v) is 4.56. The minimum atomic E-state index is -0.832. The van der Waals surface area contributed by atoms with Crippen molar-refractivity contribution in [2.24, 2.45) is 11.8 Å². The normalized spacial score (nSPS) is 23.2. The van der Waals surface area contributed by atoms with Crippen molar-refractivity contribution in [2.45, 2.75) is 58.9 Å². The van der Waals surface area contributed by atoms with E-state index < -0.39 is 11.9 Å². The average Bonchev–Trinajstić information content (AvgIpc) is 2.93. The molecule has 0 bridgehead atoms. The van der Waals surface area contributed by atoms with Gasteiger partial charge in [-0.1, -0.05) is 20.3 Å². The van der Waals surface area contributed by atoms with Crippen LogP contribution in [0.15, 0.2) is 0 Å². The number of amides is 1. The SMILES string of the molecule is CCN(CC)CCCC(C)NC(=O)C1CCCC1C(=O)O. The number of aliphatic carboxylic acids is 1. The van der Waals surface area contributed by atoms with Gasteiger partial charge in [0.25, 0.3) is 0 Å². The molecule has 1 fully saturated rings. The molecule has 0 aromatic rings. The molecular weight excluding hydrogens is 268 g/mol. The zero-order valence-corrected chi connectivity index (χ0v) is 13.6. The summed E-state index contributed by atoms with van der Waals surface area (Å²) in [6, 6.07) is 0.114. The minimum absolute atomic E-state index is 0.0739. The number of carbonyl (C=O) groups excluding carboxylic acids is 1. The van der Waals surface area contributed by atoms with Gasteiger partial charge in [-0.15, -0.1) is 0 Å². The van der Waals surface area contributed by atoms with Crippen LogP contribution in [0.3, 0.4) is 0 Å². The molecule has 122 valence electrons. The second-order valence-electron chi connectivity index (χ2n) is 6.06. The van der Waals surface area contributed by atoms with Crippen molar-refractivity contribution in [3.05, 3.63) is 0 Å². The fraction of sp³-hybridized carbons (Fsp3) is 0.875. The average molecular weight is 298 g/mol. The molecular formula is C16H30N2O3. The second kappa shape index (κ2) is 9.03. The first-order valence-electron chi connectivity index (χ1n) is 8.25. The predicted octanol–water partition coefficient (Wildman–Crippen LogP) is 2.11. The quantitative estimate of drug-likeness (QED) is 0.684. The maximum Gasteiger partial charge on any atom is 0.307 e. The molecule has 0 aliphatic heterocycles. The molecule has 0 saturated heterocycles. The monoisotopic (exact) mass is 298 g/mol. The van der Waals surface area contributed by atoms with E-state index in [2.05, 4.69) is 24.1 Å². The van der Waals surface area contributed by atoms with Crippen LogP contribution in [-0.2, 0) is 9.59 Å². The number of nitrogens with one attached hydrogen (secondary N) is 1. The van der Waals surface area contributed by atoms with Crippen molar-refractivity contribution in [1.82, 2.24) is 10.2 Å². The van der Waals surface area contributed by atoms with Gasteiger partial charge in [0.2, 0.25) is 5.91 Å². The van der Waals surface area contributed by atoms with E-state index in [1.165, 1.54) is 0 Å². The Balaban J connectivity index is 2.32. The van der Waals surface area contributed by atoms with Crippen molar-refractivity contribution in [3.63, 3.8) is 0 Å². The summed E-state index contributed by atoms with van der Waals surface area (Å²) in [7, 11) is 0. The van der Waals surface area contributed by atoms with Gasteiger partial charge in [-0.2, -0.15) is 0 Å². The van der Waals surface area contributed by atoms with Gasteiger partial charge in [-0.05, 0) is 52.2 Å². The Morgan fingerprint density at radius 2 is 1.86 bits per heavy atom. The van der Waals surface area contributed by atoms with Crippen molar-refractivity contribution in [2.75, 3.05) is 19.6 Å². The second-order valence-corrected chi connectivity index (χ2v) is 6.06. The van der Waals surface area contributed by atoms with Gasteiger partial charge in [0.15, 0.2) is 0 Å². The Kier molecular flexibility index (Phi) is 7.72. The van der Waals surface area contributed by atoms with E-state index in [1.807, 2.05) is 6.92 Å². The number of rotatable bonds is 9. The van der Waals surface area contributed by atoms with E-state index in [1.54, 1.807) is 0 Å². The first-order chi connectivity index (χ1) is 9.99. The molecule has 1 aliphatic carbocycles. The van der Waals surface area contributed by atoms with Gasteiger partial charge in [-0.25, -0.2) is 0 Å². The molecule has 1 saturated carbocycles. The summed E-state index contributed by atoms with van der Waals surface area (Å²) >= 11 is 0. The van der Waals surface area contributed by atoms with Crippen LogP contribution in [0.5, 0.6) is 0 Å². The fourth-order valence-corrected chi connectivity index (χ4v) is 3.15. The van der Waals surface area contributed by atoms with E-state index in [9.17, 15) is 9.59 Å². The lowest BCUT2D eigenvalue weighted by Gasteiger charge is -2.22. The van der Waals surface area contributed by atoms with Crippen LogP contribution in [0.1, 0.15) is 52.9 Å². The number of hydrogen-bond donors (Lipinski definition) is 2. The van der Waals surface area contributed by atoms with Crippen LogP contribution in [0.2, 0.25) is 0 Å². The molecule has 0 aromatic heterocycles. The summed E-state index contributed by atoms with van der Waals surface area (Å²) in [5.41, 5.74) is 0. The molecule has 3 unspecified atom stereocenters. The predicted molar refractivity (Wildman–Crippen MR) is 83.1 cm³/mol. The Hall–Kier alpha value is -1.10. The van der Waals surface area contributed by atoms with Crippen molar-refractivity contribution in [3.8, 4) is 0 Å². The van der Waals surface area contributed by atoms with Gasteiger partial charge < -0.3 is 15.3 Å². The molecule has 0 spiro atoms. The smallest absolute Gasteiger partial charge is 0.307 e. The minimum Gasteiger partial charge on any atom is -0.481 e. The van der Waals surface area contributed by atoms with Crippen molar-refractivity contribution < 1.29 is 14.7 Å². The third kappa shape index (κ3) is 5.65. The molecule has 0 radical (unpaired) electrons. The highest BCUT2D eigenvalue weighted by Gasteiger charge is 2.37. The van der Waals surface area contributed by atoms with Gasteiger partial charge >= 0.3 is 5.97 Å². The molecule has 1 aliphatic rings. The summed E-state index contributed by atoms with van der Waals surface area (Å²) in [6.07, 6.45) is 4.16. The zero-order valence-electron chi connectivity index (χ0n) is 13.6. The molecule has 3 atom stereocenters. The van der Waals surface area contributed by atoms with Crippen LogP contribution >= 0.6 is 0 Å². The Bertz CT molecular complexity index is 342. The summed E-state index contributed by atoms with van der Waals surface area (Å²) in [4.78, 5) is 25.7. The molecule has 1 rings (SSSR count). The van der Waals surface area contributed by atoms with Crippen LogP contribution in [0.4, 0.5) is 0 Å². The lowest BCUT2D eigenvalue weighted by atomic mass is 9.95. The fourth-order valence-electron chi connectivity index (χ4n) is 3.15. The van der Waals surface area contributed by atoms with Gasteiger partial charge in [0.1, 0.15) is 0 Å². The van der Waals surface area contributed by atoms with Crippen LogP contribution in [0, 0.1) is 11.8 Å². The standard InChI is InChI=1S/C16H30N2O3/c1-4-18(5-2)11-7-8-12(3)17-15(19)13-9-6-10-14(13)16(20)21/h12-14H,4-11H2,1-3H3,(H,17,19)(H,20,21). The maximum absolute atomic E-state index is 12.2. The number of carboxylic acids is 1. The molecule has 5 nitrogen and oxygen atoms in total. The van der Waals surface area contributed by atoms with Crippen LogP contribution in [0.25, 0.3) is 0 Å². The van der Waals surface area contributed by atoms with Crippen molar-refractivity contribution >= 4 is 11.9 Å². The molecule has 5 heteroatoms. The molecule has 2 N–H and O–H groups in total. The van der Waals surface area contributed by atoms with Crippen LogP contribution in [-0.4, -0.2) is 47.6 Å². The Morgan fingerprint density at radius 3 is 2.43 bits per heavy atom. The van der Waals surface area contributed by atoms with Gasteiger partial charge in [0.05, 0.1) is 11.8 Å². The zero-order chi connectivity index (χ0) is 15.8. The molecule has 1 amide bonds. The van der Waals surface area contributed by atoms with Crippen molar-refractivity contribution in [1.29, 1.82) is 0 Å². The molecule has 0 heterocycles. The first-order valence-corrected chi connectivity index (χ1v) is 8.25. The lowest BCUT2D eigenvalue weighted by molar-refractivity contribution is -0.146. The number of hydrogen-bond acceptors (Lipinski definition) is 3. The maximum atomic E-state index is 12.2. The van der Waals surface area contributed by atoms with E-state index in [0.717, 1.165) is 38.9 Å². The number of carbonyl (C=O) groups is 2. The van der Waals surface area contributed by atoms with E-state index in [4.69, 9.17) is 5.11 Å². The largest absolute Gasteiger partial charge is 0.481 e. The summed E-state index contributed by atoms with van der Waals surface area (Å²) < 4.78 is 0. The van der Waals surface area contributed by atoms with E-state index in [0.29, 0.717) is 12.8 Å². The van der Waals surface area contributed by atoms with Crippen LogP contribution < -0.4 is 5.32 Å². The molecule has 21 heavy (non-hydrogen) atoms. The van der Waals surface area contributed by atoms with Gasteiger partial charge in [-0.3, -0.25) is 9.59 Å². The Morgan fingerprint density at radius 1 is 1.24 bits per heavy atom. The highest BCUT2D eigenvalue weighted by molar-refractivity contribution is 5.85.